The van der Waals surface area contributed by atoms with E-state index in [2.05, 4.69) is 19.2 Å². The number of nitrogens with zero attached hydrogens (tertiary/aromatic N) is 1. The summed E-state index contributed by atoms with van der Waals surface area (Å²) in [4.78, 5) is 16.5. The zero-order valence-electron chi connectivity index (χ0n) is 18.4. The van der Waals surface area contributed by atoms with Gasteiger partial charge in [0.05, 0.1) is 0 Å². The van der Waals surface area contributed by atoms with Crippen LogP contribution in [0, 0.1) is 12.7 Å². The lowest BCUT2D eigenvalue weighted by Gasteiger charge is -2.47. The van der Waals surface area contributed by atoms with E-state index in [1.54, 1.807) is 17.8 Å². The van der Waals surface area contributed by atoms with Crippen LogP contribution in [-0.4, -0.2) is 28.7 Å². The van der Waals surface area contributed by atoms with E-state index in [1.807, 2.05) is 31.4 Å². The average Bonchev–Trinajstić information content (AvgIpc) is 2.65. The van der Waals surface area contributed by atoms with Gasteiger partial charge in [-0.15, -0.1) is 0 Å². The molecule has 1 N–H and O–H groups in total. The van der Waals surface area contributed by atoms with Crippen molar-refractivity contribution in [3.8, 4) is 11.5 Å². The zero-order valence-corrected chi connectivity index (χ0v) is 19.2. The molecule has 2 aromatic rings. The number of carbonyl (C=O) groups excluding carboxylic acids is 1. The van der Waals surface area contributed by atoms with E-state index in [0.29, 0.717) is 24.3 Å². The molecule has 164 valence electrons. The molecule has 0 radical (unpaired) electrons. The summed E-state index contributed by atoms with van der Waals surface area (Å²) in [6.07, 6.45) is 3.28. The van der Waals surface area contributed by atoms with Gasteiger partial charge >= 0.3 is 5.97 Å². The first-order chi connectivity index (χ1) is 14.6. The second-order valence-electron chi connectivity index (χ2n) is 8.91. The summed E-state index contributed by atoms with van der Waals surface area (Å²) in [5.41, 5.74) is 1.99. The van der Waals surface area contributed by atoms with E-state index in [0.717, 1.165) is 21.9 Å². The number of amidine groups is 1. The number of aliphatic imine (C=N–C) groups is 1. The van der Waals surface area contributed by atoms with Crippen molar-refractivity contribution in [2.75, 3.05) is 6.26 Å². The summed E-state index contributed by atoms with van der Waals surface area (Å²) in [5.74, 6) is 0.417. The molecule has 0 bridgehead atoms. The fourth-order valence-corrected chi connectivity index (χ4v) is 5.32. The van der Waals surface area contributed by atoms with Gasteiger partial charge in [0.2, 0.25) is 5.72 Å². The standard InChI is InChI=1S/C24H27FN2O3S/c1-14-10-18(29-15(2)28)11-20-21(14)19(16-6-8-17(25)9-7-16)12-24(30-20)13-23(3,4)26-22(27-24)31-5/h6-11,19H,12-13H2,1-5H3,(H,26,27). The third kappa shape index (κ3) is 4.42. The predicted octanol–water partition coefficient (Wildman–Crippen LogP) is 5.16. The molecule has 1 spiro atoms. The Morgan fingerprint density at radius 1 is 1.29 bits per heavy atom. The third-order valence-electron chi connectivity index (χ3n) is 5.69. The van der Waals surface area contributed by atoms with Crippen LogP contribution >= 0.6 is 11.8 Å². The quantitative estimate of drug-likeness (QED) is 0.514. The lowest BCUT2D eigenvalue weighted by molar-refractivity contribution is -0.131. The maximum atomic E-state index is 13.6. The second kappa shape index (κ2) is 7.86. The molecule has 2 atom stereocenters. The molecule has 2 aromatic carbocycles. The highest BCUT2D eigenvalue weighted by Crippen LogP contribution is 2.50. The van der Waals surface area contributed by atoms with Crippen LogP contribution < -0.4 is 14.8 Å². The number of benzene rings is 2. The van der Waals surface area contributed by atoms with Crippen molar-refractivity contribution >= 4 is 22.9 Å². The van der Waals surface area contributed by atoms with Crippen LogP contribution in [0.25, 0.3) is 0 Å². The lowest BCUT2D eigenvalue weighted by Crippen LogP contribution is -2.56. The van der Waals surface area contributed by atoms with Crippen LogP contribution in [0.4, 0.5) is 4.39 Å². The Bertz CT molecular complexity index is 1050. The molecular weight excluding hydrogens is 415 g/mol. The van der Waals surface area contributed by atoms with Gasteiger partial charge in [-0.1, -0.05) is 23.9 Å². The Hall–Kier alpha value is -2.54. The maximum absolute atomic E-state index is 13.6. The first-order valence-corrected chi connectivity index (χ1v) is 11.5. The molecule has 0 fully saturated rings. The normalized spacial score (nSPS) is 23.9. The number of fused-ring (bicyclic) bond motifs is 1. The Morgan fingerprint density at radius 3 is 2.65 bits per heavy atom. The first-order valence-electron chi connectivity index (χ1n) is 10.3. The summed E-state index contributed by atoms with van der Waals surface area (Å²) in [6, 6.07) is 10.2. The van der Waals surface area contributed by atoms with Crippen LogP contribution in [0.1, 0.15) is 56.2 Å². The van der Waals surface area contributed by atoms with Crippen molar-refractivity contribution in [3.63, 3.8) is 0 Å². The molecule has 0 saturated carbocycles. The van der Waals surface area contributed by atoms with Crippen LogP contribution in [0.2, 0.25) is 0 Å². The fraction of sp³-hybridized carbons (Fsp3) is 0.417. The van der Waals surface area contributed by atoms with Gasteiger partial charge in [-0.3, -0.25) is 4.79 Å². The number of thioether (sulfide) groups is 1. The van der Waals surface area contributed by atoms with E-state index < -0.39 is 5.72 Å². The van der Waals surface area contributed by atoms with E-state index >= 15 is 0 Å². The fourth-order valence-electron chi connectivity index (χ4n) is 4.69. The number of hydrogen-bond acceptors (Lipinski definition) is 6. The highest BCUT2D eigenvalue weighted by molar-refractivity contribution is 8.13. The van der Waals surface area contributed by atoms with Crippen molar-refractivity contribution in [1.29, 1.82) is 0 Å². The highest BCUT2D eigenvalue weighted by atomic mass is 32.2. The van der Waals surface area contributed by atoms with Gasteiger partial charge in [-0.25, -0.2) is 9.38 Å². The molecule has 31 heavy (non-hydrogen) atoms. The number of esters is 1. The number of ether oxygens (including phenoxy) is 2. The minimum Gasteiger partial charge on any atom is -0.466 e. The van der Waals surface area contributed by atoms with Crippen LogP contribution in [-0.2, 0) is 4.79 Å². The largest absolute Gasteiger partial charge is 0.466 e. The van der Waals surface area contributed by atoms with Gasteiger partial charge in [0.15, 0.2) is 5.17 Å². The van der Waals surface area contributed by atoms with Crippen LogP contribution in [0.3, 0.4) is 0 Å². The minimum atomic E-state index is -0.777. The number of hydrogen-bond donors (Lipinski definition) is 1. The van der Waals surface area contributed by atoms with Gasteiger partial charge in [0, 0.05) is 42.9 Å². The Morgan fingerprint density at radius 2 is 2.00 bits per heavy atom. The smallest absolute Gasteiger partial charge is 0.308 e. The molecule has 0 aromatic heterocycles. The number of nitrogens with one attached hydrogen (secondary N) is 1. The molecule has 0 aliphatic carbocycles. The summed E-state index contributed by atoms with van der Waals surface area (Å²) in [5, 5.41) is 4.29. The summed E-state index contributed by atoms with van der Waals surface area (Å²) < 4.78 is 25.6. The molecule has 2 aliphatic rings. The molecule has 5 nitrogen and oxygen atoms in total. The first kappa shape index (κ1) is 21.7. The lowest BCUT2D eigenvalue weighted by atomic mass is 9.76. The summed E-state index contributed by atoms with van der Waals surface area (Å²) in [7, 11) is 0. The van der Waals surface area contributed by atoms with Crippen molar-refractivity contribution in [2.45, 2.75) is 57.7 Å². The highest BCUT2D eigenvalue weighted by Gasteiger charge is 2.48. The third-order valence-corrected chi connectivity index (χ3v) is 6.27. The van der Waals surface area contributed by atoms with Gasteiger partial charge in [-0.2, -0.15) is 0 Å². The van der Waals surface area contributed by atoms with Gasteiger partial charge in [-0.05, 0) is 56.4 Å². The SMILES string of the molecule is CSC1=NC2(CC(c3ccc(F)cc3)c3c(C)cc(OC(C)=O)cc3O2)CC(C)(C)N1. The Kier molecular flexibility index (Phi) is 5.50. The molecule has 4 rings (SSSR count). The van der Waals surface area contributed by atoms with Gasteiger partial charge in [0.25, 0.3) is 0 Å². The Labute approximate surface area is 186 Å². The predicted molar refractivity (Wildman–Crippen MR) is 121 cm³/mol. The monoisotopic (exact) mass is 442 g/mol. The number of aryl methyl sites for hydroxylation is 1. The molecule has 2 heterocycles. The average molecular weight is 443 g/mol. The van der Waals surface area contributed by atoms with Gasteiger partial charge in [0.1, 0.15) is 17.3 Å². The Balaban J connectivity index is 1.88. The van der Waals surface area contributed by atoms with Crippen molar-refractivity contribution in [3.05, 3.63) is 58.9 Å². The summed E-state index contributed by atoms with van der Waals surface area (Å²) >= 11 is 1.55. The van der Waals surface area contributed by atoms with Crippen LogP contribution in [0.15, 0.2) is 41.4 Å². The van der Waals surface area contributed by atoms with Crippen molar-refractivity contribution in [1.82, 2.24) is 5.32 Å². The molecule has 0 amide bonds. The minimum absolute atomic E-state index is 0.0310. The molecule has 0 saturated heterocycles. The molecular formula is C24H27FN2O3S. The number of rotatable bonds is 2. The molecule has 2 unspecified atom stereocenters. The maximum Gasteiger partial charge on any atom is 0.308 e. The van der Waals surface area contributed by atoms with Gasteiger partial charge < -0.3 is 14.8 Å². The van der Waals surface area contributed by atoms with E-state index in [1.165, 1.54) is 19.1 Å². The van der Waals surface area contributed by atoms with E-state index in [9.17, 15) is 9.18 Å². The number of carbonyl (C=O) groups is 1. The van der Waals surface area contributed by atoms with E-state index in [4.69, 9.17) is 14.5 Å². The second-order valence-corrected chi connectivity index (χ2v) is 9.70. The topological polar surface area (TPSA) is 59.9 Å². The van der Waals surface area contributed by atoms with Crippen LogP contribution in [0.5, 0.6) is 11.5 Å². The summed E-state index contributed by atoms with van der Waals surface area (Å²) in [6.45, 7) is 7.62. The molecule has 7 heteroatoms. The zero-order chi connectivity index (χ0) is 22.4. The molecule has 2 aliphatic heterocycles. The number of halogens is 1. The van der Waals surface area contributed by atoms with E-state index in [-0.39, 0.29) is 23.2 Å². The van der Waals surface area contributed by atoms with Crippen molar-refractivity contribution < 1.29 is 18.7 Å². The van der Waals surface area contributed by atoms with Crippen molar-refractivity contribution in [2.24, 2.45) is 4.99 Å².